The third-order valence-corrected chi connectivity index (χ3v) is 4.54. The van der Waals surface area contributed by atoms with Crippen LogP contribution in [0.15, 0.2) is 0 Å². The molecule has 0 atom stereocenters. The summed E-state index contributed by atoms with van der Waals surface area (Å²) >= 11 is 10.2. The second-order valence-electron chi connectivity index (χ2n) is 6.22. The Kier molecular flexibility index (Phi) is 7.74. The van der Waals surface area contributed by atoms with Gasteiger partial charge < -0.3 is 0 Å². The first-order chi connectivity index (χ1) is 13.0. The summed E-state index contributed by atoms with van der Waals surface area (Å²) in [4.78, 5) is 0. The van der Waals surface area contributed by atoms with Crippen LogP contribution in [0.4, 0.5) is 74.6 Å². The molecule has 0 radical (unpaired) electrons. The van der Waals surface area contributed by atoms with E-state index in [1.807, 2.05) is 0 Å². The van der Waals surface area contributed by atoms with Crippen LogP contribution in [-0.2, 0) is 0 Å². The first kappa shape index (κ1) is 30.6. The van der Waals surface area contributed by atoms with Gasteiger partial charge in [-0.2, -0.15) is 74.6 Å². The van der Waals surface area contributed by atoms with E-state index in [4.69, 9.17) is 23.2 Å². The van der Waals surface area contributed by atoms with Gasteiger partial charge in [-0.15, -0.1) is 23.2 Å². The van der Waals surface area contributed by atoms with E-state index in [2.05, 4.69) is 0 Å². The summed E-state index contributed by atoms with van der Waals surface area (Å²) in [7, 11) is -0.527. The van der Waals surface area contributed by atoms with Gasteiger partial charge in [-0.25, -0.2) is 0 Å². The molecule has 0 saturated carbocycles. The van der Waals surface area contributed by atoms with Crippen LogP contribution in [-0.4, -0.2) is 61.8 Å². The first-order valence-corrected chi connectivity index (χ1v) is 8.80. The first-order valence-electron chi connectivity index (χ1n) is 7.05. The molecular weight excluding hydrogens is 554 g/mol. The molecule has 0 bridgehead atoms. The third-order valence-electron chi connectivity index (χ3n) is 3.67. The van der Waals surface area contributed by atoms with Gasteiger partial charge in [0.15, 0.2) is 0 Å². The average Bonchev–Trinajstić information content (AvgIpc) is 2.50. The van der Waals surface area contributed by atoms with Crippen molar-refractivity contribution in [2.45, 2.75) is 64.4 Å². The van der Waals surface area contributed by atoms with Gasteiger partial charge in [0.05, 0.1) is 3.96 Å². The molecule has 0 saturated heterocycles. The van der Waals surface area contributed by atoms with Crippen molar-refractivity contribution in [1.29, 1.82) is 0 Å². The molecule has 0 rings (SSSR count). The molecule has 0 aliphatic heterocycles. The van der Waals surface area contributed by atoms with Crippen LogP contribution in [0, 0.1) is 0 Å². The number of halogens is 19. The SMILES string of the molecule is FC(F)(F)C(F)(F)C(F)(F)C(F)(F)C(F)(F)C(F)(F)C(F)(F)C(F)(F)CCC([SiH3])(Cl)Cl. The van der Waals surface area contributed by atoms with Crippen molar-refractivity contribution >= 4 is 33.4 Å². The summed E-state index contributed by atoms with van der Waals surface area (Å²) in [5.41, 5.74) is 0. The Morgan fingerprint density at radius 2 is 0.677 bits per heavy atom. The van der Waals surface area contributed by atoms with E-state index in [0.717, 1.165) is 0 Å². The fourth-order valence-electron chi connectivity index (χ4n) is 1.73. The lowest BCUT2D eigenvalue weighted by molar-refractivity contribution is -0.461. The van der Waals surface area contributed by atoms with Gasteiger partial charge in [-0.1, -0.05) is 0 Å². The van der Waals surface area contributed by atoms with Gasteiger partial charge >= 0.3 is 47.6 Å². The van der Waals surface area contributed by atoms with Crippen LogP contribution in [0.2, 0.25) is 0 Å². The quantitative estimate of drug-likeness (QED) is 0.177. The van der Waals surface area contributed by atoms with Crippen molar-refractivity contribution in [2.24, 2.45) is 0 Å². The Morgan fingerprint density at radius 1 is 0.419 bits per heavy atom. The topological polar surface area (TPSA) is 0 Å². The lowest BCUT2D eigenvalue weighted by atomic mass is 9.88. The Balaban J connectivity index is 6.56. The van der Waals surface area contributed by atoms with Crippen LogP contribution in [0.1, 0.15) is 12.8 Å². The van der Waals surface area contributed by atoms with Crippen molar-refractivity contribution in [3.8, 4) is 0 Å². The van der Waals surface area contributed by atoms with Crippen molar-refractivity contribution < 1.29 is 74.6 Å². The lowest BCUT2D eigenvalue weighted by Crippen LogP contribution is -2.74. The second-order valence-corrected chi connectivity index (χ2v) is 11.1. The molecule has 31 heavy (non-hydrogen) atoms. The monoisotopic (exact) mass is 560 g/mol. The normalized spacial score (nSPS) is 16.7. The lowest BCUT2D eigenvalue weighted by Gasteiger charge is -2.43. The molecule has 0 nitrogen and oxygen atoms in total. The number of hydrogen-bond acceptors (Lipinski definition) is 0. The highest BCUT2D eigenvalue weighted by molar-refractivity contribution is 6.65. The molecular formula is C11H7Cl2F17Si. The van der Waals surface area contributed by atoms with Crippen LogP contribution in [0.3, 0.4) is 0 Å². The third kappa shape index (κ3) is 4.66. The average molecular weight is 561 g/mol. The smallest absolute Gasteiger partial charge is 0.200 e. The maximum atomic E-state index is 13.5. The fourth-order valence-corrected chi connectivity index (χ4v) is 2.17. The molecule has 0 aliphatic rings. The van der Waals surface area contributed by atoms with Crippen LogP contribution in [0.5, 0.6) is 0 Å². The second kappa shape index (κ2) is 7.84. The van der Waals surface area contributed by atoms with Crippen LogP contribution >= 0.6 is 23.2 Å². The van der Waals surface area contributed by atoms with E-state index in [1.165, 1.54) is 0 Å². The highest BCUT2D eigenvalue weighted by Crippen LogP contribution is 2.64. The van der Waals surface area contributed by atoms with Crippen molar-refractivity contribution in [3.63, 3.8) is 0 Å². The fraction of sp³-hybridized carbons (Fsp3) is 1.00. The zero-order chi connectivity index (χ0) is 25.9. The molecule has 188 valence electrons. The number of hydrogen-bond donors (Lipinski definition) is 0. The van der Waals surface area contributed by atoms with Gasteiger partial charge in [0.1, 0.15) is 0 Å². The molecule has 0 heterocycles. The van der Waals surface area contributed by atoms with Gasteiger partial charge in [0.2, 0.25) is 0 Å². The van der Waals surface area contributed by atoms with Crippen LogP contribution < -0.4 is 0 Å². The highest BCUT2D eigenvalue weighted by Gasteiger charge is 2.95. The molecule has 20 heteroatoms. The molecule has 0 amide bonds. The van der Waals surface area contributed by atoms with Crippen molar-refractivity contribution in [2.75, 3.05) is 0 Å². The summed E-state index contributed by atoms with van der Waals surface area (Å²) in [5.74, 6) is -56.3. The Labute approximate surface area is 173 Å². The Bertz CT molecular complexity index is 647. The standard InChI is InChI=1S/C11H7Cl2F17Si/c12-4(13,31)2-1-3(14,15)5(16,17)6(18,19)7(20,21)8(22,23)9(24,25)10(26,27)11(28,29)30/h1-2H2,31H3. The molecule has 0 aliphatic carbocycles. The van der Waals surface area contributed by atoms with Gasteiger partial charge in [0, 0.05) is 16.7 Å². The largest absolute Gasteiger partial charge is 0.460 e. The zero-order valence-electron chi connectivity index (χ0n) is 14.1. The van der Waals surface area contributed by atoms with E-state index in [-0.39, 0.29) is 0 Å². The summed E-state index contributed by atoms with van der Waals surface area (Å²) in [6.07, 6.45) is -11.9. The minimum absolute atomic E-state index is 0.527. The van der Waals surface area contributed by atoms with Gasteiger partial charge in [-0.3, -0.25) is 0 Å². The van der Waals surface area contributed by atoms with Gasteiger partial charge in [0.25, 0.3) is 0 Å². The maximum Gasteiger partial charge on any atom is 0.460 e. The minimum Gasteiger partial charge on any atom is -0.200 e. The number of rotatable bonds is 9. The summed E-state index contributed by atoms with van der Waals surface area (Å²) in [6.45, 7) is 0. The van der Waals surface area contributed by atoms with Crippen molar-refractivity contribution in [3.05, 3.63) is 0 Å². The predicted molar refractivity (Wildman–Crippen MR) is 74.3 cm³/mol. The molecule has 0 aromatic rings. The maximum absolute atomic E-state index is 13.5. The summed E-state index contributed by atoms with van der Waals surface area (Å²) in [6, 6.07) is 0. The number of alkyl halides is 19. The molecule has 0 aromatic carbocycles. The van der Waals surface area contributed by atoms with E-state index in [9.17, 15) is 74.6 Å². The predicted octanol–water partition coefficient (Wildman–Crippen LogP) is 6.27. The molecule has 0 N–H and O–H groups in total. The van der Waals surface area contributed by atoms with E-state index >= 15 is 0 Å². The summed E-state index contributed by atoms with van der Waals surface area (Å²) in [5, 5.41) is 0. The van der Waals surface area contributed by atoms with Crippen molar-refractivity contribution in [1.82, 2.24) is 0 Å². The zero-order valence-corrected chi connectivity index (χ0v) is 17.6. The van der Waals surface area contributed by atoms with Gasteiger partial charge in [-0.05, 0) is 6.42 Å². The Morgan fingerprint density at radius 3 is 0.935 bits per heavy atom. The minimum atomic E-state index is -8.62. The molecule has 0 unspecified atom stereocenters. The Hall–Kier alpha value is -0.393. The van der Waals surface area contributed by atoms with E-state index < -0.39 is 74.7 Å². The highest BCUT2D eigenvalue weighted by atomic mass is 35.5. The van der Waals surface area contributed by atoms with E-state index in [0.29, 0.717) is 0 Å². The molecule has 0 spiro atoms. The van der Waals surface area contributed by atoms with E-state index in [1.54, 1.807) is 0 Å². The summed E-state index contributed by atoms with van der Waals surface area (Å²) < 4.78 is 218. The van der Waals surface area contributed by atoms with Crippen LogP contribution in [0.25, 0.3) is 0 Å². The molecule has 0 fully saturated rings. The molecule has 0 aromatic heterocycles.